The fraction of sp³-hybridized carbons (Fsp3) is 0.333. The van der Waals surface area contributed by atoms with Crippen LogP contribution in [0.15, 0.2) is 83.8 Å². The van der Waals surface area contributed by atoms with Crippen molar-refractivity contribution >= 4 is 27.5 Å². The molecule has 2 atom stereocenters. The van der Waals surface area contributed by atoms with E-state index in [4.69, 9.17) is 0 Å². The summed E-state index contributed by atoms with van der Waals surface area (Å²) in [5.41, 5.74) is 1.55. The number of sulfonamides is 1. The van der Waals surface area contributed by atoms with E-state index >= 15 is 0 Å². The molecule has 0 fully saturated rings. The van der Waals surface area contributed by atoms with Gasteiger partial charge < -0.3 is 10.2 Å². The maximum Gasteiger partial charge on any atom is 0.264 e. The van der Waals surface area contributed by atoms with Crippen LogP contribution in [-0.2, 0) is 32.6 Å². The summed E-state index contributed by atoms with van der Waals surface area (Å²) < 4.78 is 43.2. The molecule has 9 heteroatoms. The third kappa shape index (κ3) is 7.44. The number of aryl methyl sites for hydroxylation is 1. The highest BCUT2D eigenvalue weighted by molar-refractivity contribution is 7.92. The van der Waals surface area contributed by atoms with E-state index in [1.807, 2.05) is 32.9 Å². The van der Waals surface area contributed by atoms with Gasteiger partial charge in [-0.3, -0.25) is 13.9 Å². The van der Waals surface area contributed by atoms with Crippen LogP contribution >= 0.6 is 0 Å². The number of benzene rings is 3. The highest BCUT2D eigenvalue weighted by Gasteiger charge is 2.33. The Hall–Kier alpha value is -3.72. The number of nitrogens with zero attached hydrogens (tertiary/aromatic N) is 2. The van der Waals surface area contributed by atoms with E-state index in [-0.39, 0.29) is 23.0 Å². The number of amides is 2. The van der Waals surface area contributed by atoms with Crippen LogP contribution in [0.2, 0.25) is 0 Å². The molecule has 0 unspecified atom stereocenters. The van der Waals surface area contributed by atoms with Gasteiger partial charge in [0.2, 0.25) is 11.8 Å². The Morgan fingerprint density at radius 2 is 1.51 bits per heavy atom. The summed E-state index contributed by atoms with van der Waals surface area (Å²) in [7, 11) is -4.14. The lowest BCUT2D eigenvalue weighted by atomic mass is 10.1. The van der Waals surface area contributed by atoms with Crippen LogP contribution in [0, 0.1) is 5.82 Å². The molecule has 3 aromatic carbocycles. The van der Waals surface area contributed by atoms with Crippen LogP contribution in [0.25, 0.3) is 0 Å². The number of carbonyl (C=O) groups excluding carboxylic acids is 2. The molecule has 0 aliphatic rings. The summed E-state index contributed by atoms with van der Waals surface area (Å²) in [6.45, 7) is 6.55. The van der Waals surface area contributed by atoms with Crippen LogP contribution in [0.4, 0.5) is 10.1 Å². The summed E-state index contributed by atoms with van der Waals surface area (Å²) in [6, 6.07) is 19.7. The van der Waals surface area contributed by atoms with Gasteiger partial charge in [0, 0.05) is 18.2 Å². The zero-order valence-electron chi connectivity index (χ0n) is 22.8. The minimum Gasteiger partial charge on any atom is -0.352 e. The van der Waals surface area contributed by atoms with Crippen LogP contribution in [0.3, 0.4) is 0 Å². The van der Waals surface area contributed by atoms with Gasteiger partial charge in [-0.2, -0.15) is 0 Å². The first-order valence-electron chi connectivity index (χ1n) is 13.1. The smallest absolute Gasteiger partial charge is 0.264 e. The van der Waals surface area contributed by atoms with Crippen molar-refractivity contribution < 1.29 is 22.4 Å². The molecule has 7 nitrogen and oxygen atoms in total. The normalized spacial score (nSPS) is 12.8. The first-order chi connectivity index (χ1) is 18.6. The molecule has 39 heavy (non-hydrogen) atoms. The van der Waals surface area contributed by atoms with Crippen molar-refractivity contribution in [3.05, 3.63) is 95.8 Å². The Balaban J connectivity index is 2.02. The molecule has 0 aliphatic carbocycles. The third-order valence-corrected chi connectivity index (χ3v) is 8.50. The van der Waals surface area contributed by atoms with Crippen molar-refractivity contribution in [1.29, 1.82) is 0 Å². The monoisotopic (exact) mass is 553 g/mol. The Kier molecular flexibility index (Phi) is 10.2. The van der Waals surface area contributed by atoms with Gasteiger partial charge in [0.15, 0.2) is 0 Å². The SMILES string of the molecule is CCc1ccc(N(CC(=O)N(Cc2ccccc2F)[C@@H](C)C(=O)N[C@@H](C)CC)S(=O)(=O)c2ccccc2)cc1. The summed E-state index contributed by atoms with van der Waals surface area (Å²) in [6.07, 6.45) is 1.46. The molecule has 0 bridgehead atoms. The maximum absolute atomic E-state index is 14.6. The average molecular weight is 554 g/mol. The summed E-state index contributed by atoms with van der Waals surface area (Å²) >= 11 is 0. The van der Waals surface area contributed by atoms with Gasteiger partial charge in [0.1, 0.15) is 18.4 Å². The van der Waals surface area contributed by atoms with Crippen molar-refractivity contribution in [2.45, 2.75) is 64.1 Å². The largest absolute Gasteiger partial charge is 0.352 e. The van der Waals surface area contributed by atoms with Gasteiger partial charge in [-0.25, -0.2) is 12.8 Å². The number of rotatable bonds is 12. The molecule has 0 aromatic heterocycles. The number of hydrogen-bond acceptors (Lipinski definition) is 4. The number of anilines is 1. The second kappa shape index (κ2) is 13.4. The van der Waals surface area contributed by atoms with Crippen molar-refractivity contribution in [2.24, 2.45) is 0 Å². The van der Waals surface area contributed by atoms with E-state index in [1.165, 1.54) is 35.2 Å². The Bertz CT molecular complexity index is 1360. The van der Waals surface area contributed by atoms with E-state index in [0.29, 0.717) is 12.1 Å². The topological polar surface area (TPSA) is 86.8 Å². The lowest BCUT2D eigenvalue weighted by Gasteiger charge is -2.32. The molecule has 2 amide bonds. The van der Waals surface area contributed by atoms with Crippen molar-refractivity contribution in [1.82, 2.24) is 10.2 Å². The summed E-state index contributed by atoms with van der Waals surface area (Å²) in [5.74, 6) is -1.56. The number of halogens is 1. The molecule has 3 aromatic rings. The predicted octanol–water partition coefficient (Wildman–Crippen LogP) is 4.92. The van der Waals surface area contributed by atoms with Crippen LogP contribution in [-0.4, -0.2) is 43.8 Å². The lowest BCUT2D eigenvalue weighted by Crippen LogP contribution is -2.52. The Morgan fingerprint density at radius 1 is 0.897 bits per heavy atom. The minimum atomic E-state index is -4.14. The van der Waals surface area contributed by atoms with Gasteiger partial charge in [0.25, 0.3) is 10.0 Å². The van der Waals surface area contributed by atoms with Gasteiger partial charge in [-0.15, -0.1) is 0 Å². The molecular weight excluding hydrogens is 517 g/mol. The molecular formula is C30H36FN3O4S. The maximum atomic E-state index is 14.6. The van der Waals surface area contributed by atoms with E-state index in [9.17, 15) is 22.4 Å². The van der Waals surface area contributed by atoms with Crippen LogP contribution in [0.5, 0.6) is 0 Å². The highest BCUT2D eigenvalue weighted by atomic mass is 32.2. The molecule has 0 aliphatic heterocycles. The molecule has 0 spiro atoms. The fourth-order valence-electron chi connectivity index (χ4n) is 4.00. The van der Waals surface area contributed by atoms with Crippen LogP contribution in [0.1, 0.15) is 45.2 Å². The standard InChI is InChI=1S/C30H36FN3O4S/c1-5-22(3)32-30(36)23(4)33(20-25-12-10-11-15-28(25)31)29(35)21-34(26-18-16-24(6-2)17-19-26)39(37,38)27-13-8-7-9-14-27/h7-19,22-23H,5-6,20-21H2,1-4H3,(H,32,36)/t22-,23-/m0/s1. The molecule has 0 heterocycles. The molecule has 0 radical (unpaired) electrons. The van der Waals surface area contributed by atoms with E-state index in [2.05, 4.69) is 5.32 Å². The quantitative estimate of drug-likeness (QED) is 0.345. The fourth-order valence-corrected chi connectivity index (χ4v) is 5.44. The number of carbonyl (C=O) groups is 2. The summed E-state index contributed by atoms with van der Waals surface area (Å²) in [4.78, 5) is 28.2. The molecule has 0 saturated carbocycles. The molecule has 1 N–H and O–H groups in total. The molecule has 0 saturated heterocycles. The molecule has 208 valence electrons. The predicted molar refractivity (Wildman–Crippen MR) is 151 cm³/mol. The third-order valence-electron chi connectivity index (χ3n) is 6.71. The van der Waals surface area contributed by atoms with Gasteiger partial charge in [0.05, 0.1) is 10.6 Å². The van der Waals surface area contributed by atoms with Gasteiger partial charge in [-0.1, -0.05) is 62.4 Å². The minimum absolute atomic E-state index is 0.0283. The lowest BCUT2D eigenvalue weighted by molar-refractivity contribution is -0.139. The number of hydrogen-bond donors (Lipinski definition) is 1. The zero-order valence-corrected chi connectivity index (χ0v) is 23.6. The first-order valence-corrected chi connectivity index (χ1v) is 14.5. The molecule has 3 rings (SSSR count). The van der Waals surface area contributed by atoms with Crippen molar-refractivity contribution in [3.63, 3.8) is 0 Å². The van der Waals surface area contributed by atoms with Crippen molar-refractivity contribution in [2.75, 3.05) is 10.8 Å². The Morgan fingerprint density at radius 3 is 2.10 bits per heavy atom. The van der Waals surface area contributed by atoms with Gasteiger partial charge >= 0.3 is 0 Å². The highest BCUT2D eigenvalue weighted by Crippen LogP contribution is 2.25. The van der Waals surface area contributed by atoms with E-state index in [1.54, 1.807) is 43.3 Å². The first kappa shape index (κ1) is 29.8. The van der Waals surface area contributed by atoms with Gasteiger partial charge in [-0.05, 0) is 62.6 Å². The van der Waals surface area contributed by atoms with Crippen molar-refractivity contribution in [3.8, 4) is 0 Å². The Labute approximate surface area is 230 Å². The summed E-state index contributed by atoms with van der Waals surface area (Å²) in [5, 5.41) is 2.86. The van der Waals surface area contributed by atoms with Crippen LogP contribution < -0.4 is 9.62 Å². The number of nitrogens with one attached hydrogen (secondary N) is 1. The zero-order chi connectivity index (χ0) is 28.6. The second-order valence-electron chi connectivity index (χ2n) is 9.45. The van der Waals surface area contributed by atoms with E-state index in [0.717, 1.165) is 16.3 Å². The average Bonchev–Trinajstić information content (AvgIpc) is 2.95. The van der Waals surface area contributed by atoms with E-state index < -0.39 is 40.2 Å². The second-order valence-corrected chi connectivity index (χ2v) is 11.3.